The van der Waals surface area contributed by atoms with Crippen molar-refractivity contribution in [3.63, 3.8) is 0 Å². The number of rotatable bonds is 6. The molecule has 156 valence electrons. The summed E-state index contributed by atoms with van der Waals surface area (Å²) < 4.78 is 6.62. The SMILES string of the molecule is COC(=O)CCc1c(C)nn(-c2ccc(C(=O)N(C)C3CCCCC3)cc2)c1C. The molecule has 6 nitrogen and oxygen atoms in total. The van der Waals surface area contributed by atoms with Crippen LogP contribution in [0.2, 0.25) is 0 Å². The molecule has 1 saturated carbocycles. The van der Waals surface area contributed by atoms with Crippen molar-refractivity contribution in [1.29, 1.82) is 0 Å². The maximum absolute atomic E-state index is 12.9. The summed E-state index contributed by atoms with van der Waals surface area (Å²) in [4.78, 5) is 26.2. The minimum atomic E-state index is -0.221. The van der Waals surface area contributed by atoms with Gasteiger partial charge in [0.15, 0.2) is 0 Å². The number of carbonyl (C=O) groups is 2. The molecule has 0 N–H and O–H groups in total. The first-order valence-electron chi connectivity index (χ1n) is 10.4. The van der Waals surface area contributed by atoms with E-state index in [1.54, 1.807) is 0 Å². The summed E-state index contributed by atoms with van der Waals surface area (Å²) in [7, 11) is 3.32. The van der Waals surface area contributed by atoms with Gasteiger partial charge in [0.25, 0.3) is 5.91 Å². The molecule has 0 radical (unpaired) electrons. The summed E-state index contributed by atoms with van der Waals surface area (Å²) in [5.74, 6) is -0.142. The molecule has 1 heterocycles. The Morgan fingerprint density at radius 3 is 2.41 bits per heavy atom. The van der Waals surface area contributed by atoms with Crippen molar-refractivity contribution >= 4 is 11.9 Å². The van der Waals surface area contributed by atoms with Crippen LogP contribution >= 0.6 is 0 Å². The average molecular weight is 398 g/mol. The summed E-state index contributed by atoms with van der Waals surface area (Å²) in [5, 5.41) is 4.64. The molecule has 0 atom stereocenters. The first kappa shape index (κ1) is 21.1. The Morgan fingerprint density at radius 1 is 1.14 bits per heavy atom. The van der Waals surface area contributed by atoms with Gasteiger partial charge in [-0.25, -0.2) is 4.68 Å². The van der Waals surface area contributed by atoms with E-state index in [4.69, 9.17) is 4.74 Å². The number of hydrogen-bond acceptors (Lipinski definition) is 4. The highest BCUT2D eigenvalue weighted by molar-refractivity contribution is 5.94. The molecule has 0 spiro atoms. The molecule has 0 bridgehead atoms. The number of ether oxygens (including phenoxy) is 1. The van der Waals surface area contributed by atoms with E-state index in [2.05, 4.69) is 5.10 Å². The van der Waals surface area contributed by atoms with Crippen molar-refractivity contribution in [1.82, 2.24) is 14.7 Å². The molecule has 6 heteroatoms. The van der Waals surface area contributed by atoms with Gasteiger partial charge in [0.05, 0.1) is 18.5 Å². The Hall–Kier alpha value is -2.63. The Kier molecular flexibility index (Phi) is 6.72. The zero-order valence-electron chi connectivity index (χ0n) is 17.9. The third kappa shape index (κ3) is 4.69. The number of carbonyl (C=O) groups excluding carboxylic acids is 2. The van der Waals surface area contributed by atoms with Crippen LogP contribution in [0.5, 0.6) is 0 Å². The second kappa shape index (κ2) is 9.25. The van der Waals surface area contributed by atoms with Crippen molar-refractivity contribution in [3.05, 3.63) is 46.8 Å². The molecular weight excluding hydrogens is 366 g/mol. The normalized spacial score (nSPS) is 14.6. The number of amides is 1. The number of methoxy groups -OCH3 is 1. The summed E-state index contributed by atoms with van der Waals surface area (Å²) in [6.07, 6.45) is 6.82. The molecule has 0 aliphatic heterocycles. The molecule has 1 fully saturated rings. The lowest BCUT2D eigenvalue weighted by atomic mass is 9.94. The van der Waals surface area contributed by atoms with E-state index >= 15 is 0 Å². The summed E-state index contributed by atoms with van der Waals surface area (Å²) in [6.45, 7) is 3.95. The maximum Gasteiger partial charge on any atom is 0.305 e. The van der Waals surface area contributed by atoms with E-state index in [9.17, 15) is 9.59 Å². The van der Waals surface area contributed by atoms with E-state index in [0.717, 1.165) is 35.5 Å². The standard InChI is InChI=1S/C23H31N3O3/c1-16-21(14-15-22(27)29-4)17(2)26(24-16)20-12-10-18(11-13-20)23(28)25(3)19-8-6-5-7-9-19/h10-13,19H,5-9,14-15H2,1-4H3. The van der Waals surface area contributed by atoms with Gasteiger partial charge in [-0.05, 0) is 62.9 Å². The third-order valence-corrected chi connectivity index (χ3v) is 6.05. The zero-order valence-corrected chi connectivity index (χ0v) is 17.9. The summed E-state index contributed by atoms with van der Waals surface area (Å²) >= 11 is 0. The Balaban J connectivity index is 1.74. The quantitative estimate of drug-likeness (QED) is 0.691. The van der Waals surface area contributed by atoms with Crippen molar-refractivity contribution in [2.24, 2.45) is 0 Å². The van der Waals surface area contributed by atoms with Crippen LogP contribution in [0.25, 0.3) is 5.69 Å². The van der Waals surface area contributed by atoms with Gasteiger partial charge in [-0.2, -0.15) is 5.10 Å². The highest BCUT2D eigenvalue weighted by atomic mass is 16.5. The van der Waals surface area contributed by atoms with Gasteiger partial charge in [-0.3, -0.25) is 9.59 Å². The molecule has 1 aromatic carbocycles. The predicted octanol–water partition coefficient (Wildman–Crippen LogP) is 4.00. The number of esters is 1. The van der Waals surface area contributed by atoms with Crippen LogP contribution in [-0.4, -0.2) is 46.8 Å². The van der Waals surface area contributed by atoms with Crippen molar-refractivity contribution in [3.8, 4) is 5.69 Å². The van der Waals surface area contributed by atoms with Gasteiger partial charge in [-0.1, -0.05) is 19.3 Å². The van der Waals surface area contributed by atoms with E-state index in [1.807, 2.05) is 54.7 Å². The van der Waals surface area contributed by atoms with Crippen LogP contribution in [0.4, 0.5) is 0 Å². The smallest absolute Gasteiger partial charge is 0.305 e. The molecule has 1 aromatic heterocycles. The van der Waals surface area contributed by atoms with Crippen molar-refractivity contribution in [2.45, 2.75) is 64.8 Å². The minimum absolute atomic E-state index is 0.0792. The lowest BCUT2D eigenvalue weighted by molar-refractivity contribution is -0.140. The van der Waals surface area contributed by atoms with Crippen molar-refractivity contribution < 1.29 is 14.3 Å². The number of hydrogen-bond donors (Lipinski definition) is 0. The molecule has 29 heavy (non-hydrogen) atoms. The van der Waals surface area contributed by atoms with Crippen LogP contribution in [-0.2, 0) is 16.0 Å². The van der Waals surface area contributed by atoms with Crippen LogP contribution in [0.3, 0.4) is 0 Å². The fourth-order valence-corrected chi connectivity index (χ4v) is 4.20. The fraction of sp³-hybridized carbons (Fsp3) is 0.522. The molecule has 3 rings (SSSR count). The molecule has 1 aliphatic rings. The maximum atomic E-state index is 12.9. The molecule has 1 aliphatic carbocycles. The van der Waals surface area contributed by atoms with E-state index < -0.39 is 0 Å². The second-order valence-electron chi connectivity index (χ2n) is 7.89. The predicted molar refractivity (Wildman–Crippen MR) is 112 cm³/mol. The fourth-order valence-electron chi connectivity index (χ4n) is 4.20. The lowest BCUT2D eigenvalue weighted by Gasteiger charge is -2.31. The largest absolute Gasteiger partial charge is 0.469 e. The van der Waals surface area contributed by atoms with Crippen LogP contribution < -0.4 is 0 Å². The first-order chi connectivity index (χ1) is 13.9. The Labute approximate surface area is 172 Å². The lowest BCUT2D eigenvalue weighted by Crippen LogP contribution is -2.38. The highest BCUT2D eigenvalue weighted by Crippen LogP contribution is 2.24. The molecule has 2 aromatic rings. The summed E-state index contributed by atoms with van der Waals surface area (Å²) in [5.41, 5.74) is 4.59. The molecular formula is C23H31N3O3. The van der Waals surface area contributed by atoms with Gasteiger partial charge < -0.3 is 9.64 Å². The monoisotopic (exact) mass is 397 g/mol. The van der Waals surface area contributed by atoms with Gasteiger partial charge in [-0.15, -0.1) is 0 Å². The number of nitrogens with zero attached hydrogens (tertiary/aromatic N) is 3. The minimum Gasteiger partial charge on any atom is -0.469 e. The van der Waals surface area contributed by atoms with Gasteiger partial charge in [0.2, 0.25) is 0 Å². The third-order valence-electron chi connectivity index (χ3n) is 6.05. The zero-order chi connectivity index (χ0) is 21.0. The van der Waals surface area contributed by atoms with Crippen LogP contribution in [0, 0.1) is 13.8 Å². The van der Waals surface area contributed by atoms with Gasteiger partial charge >= 0.3 is 5.97 Å². The highest BCUT2D eigenvalue weighted by Gasteiger charge is 2.23. The van der Waals surface area contributed by atoms with Crippen molar-refractivity contribution in [2.75, 3.05) is 14.2 Å². The number of benzene rings is 1. The molecule has 0 saturated heterocycles. The second-order valence-corrected chi connectivity index (χ2v) is 7.89. The Morgan fingerprint density at radius 2 is 1.79 bits per heavy atom. The molecule has 1 amide bonds. The van der Waals surface area contributed by atoms with Gasteiger partial charge in [0.1, 0.15) is 0 Å². The van der Waals surface area contributed by atoms with E-state index in [0.29, 0.717) is 24.4 Å². The van der Waals surface area contributed by atoms with Crippen LogP contribution in [0.15, 0.2) is 24.3 Å². The van der Waals surface area contributed by atoms with E-state index in [-0.39, 0.29) is 11.9 Å². The number of aryl methyl sites for hydroxylation is 1. The van der Waals surface area contributed by atoms with Crippen LogP contribution in [0.1, 0.15) is 65.8 Å². The Bertz CT molecular complexity index is 864. The number of aromatic nitrogens is 2. The average Bonchev–Trinajstić information content (AvgIpc) is 3.05. The van der Waals surface area contributed by atoms with Gasteiger partial charge in [0, 0.05) is 30.8 Å². The summed E-state index contributed by atoms with van der Waals surface area (Å²) in [6, 6.07) is 7.98. The first-order valence-corrected chi connectivity index (χ1v) is 10.4. The van der Waals surface area contributed by atoms with E-state index in [1.165, 1.54) is 26.4 Å². The molecule has 0 unspecified atom stereocenters. The topological polar surface area (TPSA) is 64.4 Å².